The van der Waals surface area contributed by atoms with E-state index in [4.69, 9.17) is 9.47 Å². The van der Waals surface area contributed by atoms with Gasteiger partial charge in [0.2, 0.25) is 5.91 Å². The fourth-order valence-electron chi connectivity index (χ4n) is 3.84. The molecule has 0 radical (unpaired) electrons. The van der Waals surface area contributed by atoms with E-state index in [0.717, 1.165) is 45.1 Å². The van der Waals surface area contributed by atoms with Gasteiger partial charge in [-0.05, 0) is 49.4 Å². The number of carbonyl (C=O) groups excluding carboxylic acids is 1. The molecule has 0 saturated heterocycles. The van der Waals surface area contributed by atoms with E-state index in [0.29, 0.717) is 19.0 Å². The van der Waals surface area contributed by atoms with E-state index in [1.807, 2.05) is 25.1 Å². The van der Waals surface area contributed by atoms with Crippen LogP contribution < -0.4 is 14.8 Å². The minimum Gasteiger partial charge on any atom is -0.486 e. The number of amides is 1. The highest BCUT2D eigenvalue weighted by molar-refractivity contribution is 8.00. The minimum absolute atomic E-state index is 0.0176. The quantitative estimate of drug-likeness (QED) is 0.491. The van der Waals surface area contributed by atoms with Crippen LogP contribution in [-0.2, 0) is 17.6 Å². The van der Waals surface area contributed by atoms with Gasteiger partial charge >= 0.3 is 0 Å². The van der Waals surface area contributed by atoms with Gasteiger partial charge in [-0.15, -0.1) is 11.3 Å². The first-order valence-electron chi connectivity index (χ1n) is 9.76. The molecule has 1 aliphatic heterocycles. The predicted octanol–water partition coefficient (Wildman–Crippen LogP) is 3.92. The van der Waals surface area contributed by atoms with E-state index in [1.165, 1.54) is 28.6 Å². The molecule has 0 saturated carbocycles. The molecule has 0 spiro atoms. The number of rotatable bonds is 5. The fraction of sp³-hybridized carbons (Fsp3) is 0.381. The number of ether oxygens (including phenoxy) is 2. The zero-order valence-electron chi connectivity index (χ0n) is 16.1. The summed E-state index contributed by atoms with van der Waals surface area (Å²) in [6.45, 7) is 3.09. The topological polar surface area (TPSA) is 73.3 Å². The van der Waals surface area contributed by atoms with Crippen molar-refractivity contribution < 1.29 is 14.3 Å². The van der Waals surface area contributed by atoms with Crippen molar-refractivity contribution in [1.82, 2.24) is 15.3 Å². The summed E-state index contributed by atoms with van der Waals surface area (Å²) in [4.78, 5) is 23.9. The van der Waals surface area contributed by atoms with E-state index >= 15 is 0 Å². The summed E-state index contributed by atoms with van der Waals surface area (Å²) >= 11 is 3.25. The van der Waals surface area contributed by atoms with Gasteiger partial charge in [0.15, 0.2) is 11.5 Å². The first-order chi connectivity index (χ1) is 14.2. The van der Waals surface area contributed by atoms with Crippen LogP contribution in [0.2, 0.25) is 0 Å². The van der Waals surface area contributed by atoms with Gasteiger partial charge in [0.05, 0.1) is 11.8 Å². The number of aromatic nitrogens is 2. The number of nitrogens with one attached hydrogen (secondary N) is 1. The molecule has 2 aromatic heterocycles. The van der Waals surface area contributed by atoms with Gasteiger partial charge in [-0.25, -0.2) is 9.97 Å². The van der Waals surface area contributed by atoms with E-state index in [-0.39, 0.29) is 11.9 Å². The SMILES string of the molecule is CC(NC(=O)CSc1ncnc2sc3c(c12)CCC3)c1ccc2c(c1)OCCO2. The largest absolute Gasteiger partial charge is 0.486 e. The molecule has 0 fully saturated rings. The van der Waals surface area contributed by atoms with E-state index in [9.17, 15) is 4.79 Å². The molecule has 1 unspecified atom stereocenters. The third-order valence-corrected chi connectivity index (χ3v) is 7.44. The van der Waals surface area contributed by atoms with Crippen LogP contribution in [0.3, 0.4) is 0 Å². The Kier molecular flexibility index (Phi) is 5.05. The summed E-state index contributed by atoms with van der Waals surface area (Å²) in [5.74, 6) is 1.80. The summed E-state index contributed by atoms with van der Waals surface area (Å²) in [5, 5.41) is 5.14. The summed E-state index contributed by atoms with van der Waals surface area (Å²) in [5.41, 5.74) is 2.38. The van der Waals surface area contributed by atoms with Crippen molar-refractivity contribution in [3.05, 3.63) is 40.5 Å². The first-order valence-corrected chi connectivity index (χ1v) is 11.6. The van der Waals surface area contributed by atoms with Crippen molar-refractivity contribution >= 4 is 39.2 Å². The third-order valence-electron chi connectivity index (χ3n) is 5.25. The van der Waals surface area contributed by atoms with Crippen LogP contribution in [0.1, 0.15) is 35.4 Å². The van der Waals surface area contributed by atoms with Crippen molar-refractivity contribution in [2.45, 2.75) is 37.3 Å². The van der Waals surface area contributed by atoms with Gasteiger partial charge in [-0.1, -0.05) is 17.8 Å². The molecule has 2 aliphatic rings. The molecule has 3 heterocycles. The number of aryl methyl sites for hydroxylation is 2. The van der Waals surface area contributed by atoms with Gasteiger partial charge in [0, 0.05) is 10.3 Å². The molecule has 1 N–H and O–H groups in total. The van der Waals surface area contributed by atoms with E-state index in [2.05, 4.69) is 15.3 Å². The van der Waals surface area contributed by atoms with Gasteiger partial charge in [-0.2, -0.15) is 0 Å². The Hall–Kier alpha value is -2.32. The number of thioether (sulfide) groups is 1. The molecule has 1 atom stereocenters. The van der Waals surface area contributed by atoms with E-state index < -0.39 is 0 Å². The Morgan fingerprint density at radius 1 is 1.24 bits per heavy atom. The molecule has 150 valence electrons. The van der Waals surface area contributed by atoms with Crippen LogP contribution in [0, 0.1) is 0 Å². The second-order valence-corrected chi connectivity index (χ2v) is 9.24. The lowest BCUT2D eigenvalue weighted by Gasteiger charge is -2.21. The Morgan fingerprint density at radius 3 is 3.00 bits per heavy atom. The number of fused-ring (bicyclic) bond motifs is 4. The van der Waals surface area contributed by atoms with Crippen LogP contribution in [0.4, 0.5) is 0 Å². The first kappa shape index (κ1) is 18.7. The lowest BCUT2D eigenvalue weighted by Crippen LogP contribution is -2.28. The van der Waals surface area contributed by atoms with Crippen LogP contribution >= 0.6 is 23.1 Å². The monoisotopic (exact) mass is 427 g/mol. The molecule has 5 rings (SSSR count). The zero-order chi connectivity index (χ0) is 19.8. The molecular formula is C21H21N3O3S2. The minimum atomic E-state index is -0.116. The van der Waals surface area contributed by atoms with Crippen LogP contribution in [0.25, 0.3) is 10.2 Å². The second kappa shape index (κ2) is 7.84. The molecule has 29 heavy (non-hydrogen) atoms. The molecule has 1 aromatic carbocycles. The Bertz CT molecular complexity index is 1080. The van der Waals surface area contributed by atoms with Crippen LogP contribution in [0.15, 0.2) is 29.6 Å². The molecule has 6 nitrogen and oxygen atoms in total. The smallest absolute Gasteiger partial charge is 0.230 e. The summed E-state index contributed by atoms with van der Waals surface area (Å²) in [6, 6.07) is 5.69. The van der Waals surface area contributed by atoms with E-state index in [1.54, 1.807) is 17.7 Å². The van der Waals surface area contributed by atoms with Crippen LogP contribution in [0.5, 0.6) is 11.5 Å². The predicted molar refractivity (Wildman–Crippen MR) is 114 cm³/mol. The van der Waals surface area contributed by atoms with Crippen molar-refractivity contribution in [3.63, 3.8) is 0 Å². The maximum atomic E-state index is 12.6. The maximum Gasteiger partial charge on any atom is 0.230 e. The highest BCUT2D eigenvalue weighted by Gasteiger charge is 2.22. The average molecular weight is 428 g/mol. The highest BCUT2D eigenvalue weighted by Crippen LogP contribution is 2.40. The normalized spacial score (nSPS) is 15.9. The summed E-state index contributed by atoms with van der Waals surface area (Å²) < 4.78 is 11.2. The standard InChI is InChI=1S/C21H21N3O3S2/c1-12(13-5-6-15-16(9-13)27-8-7-26-15)24-18(25)10-28-20-19-14-3-2-4-17(14)29-21(19)23-11-22-20/h5-6,9,11-12H,2-4,7-8,10H2,1H3,(H,24,25). The van der Waals surface area contributed by atoms with Crippen molar-refractivity contribution in [1.29, 1.82) is 0 Å². The zero-order valence-corrected chi connectivity index (χ0v) is 17.7. The molecule has 3 aromatic rings. The van der Waals surface area contributed by atoms with Gasteiger partial charge in [0.25, 0.3) is 0 Å². The summed E-state index contributed by atoms with van der Waals surface area (Å²) in [7, 11) is 0. The average Bonchev–Trinajstić information content (AvgIpc) is 3.33. The number of benzene rings is 1. The number of carbonyl (C=O) groups is 1. The van der Waals surface area contributed by atoms with Gasteiger partial charge in [0.1, 0.15) is 29.4 Å². The van der Waals surface area contributed by atoms with Crippen molar-refractivity contribution in [2.75, 3.05) is 19.0 Å². The third kappa shape index (κ3) is 3.67. The second-order valence-electron chi connectivity index (χ2n) is 7.20. The maximum absolute atomic E-state index is 12.6. The molecule has 0 bridgehead atoms. The van der Waals surface area contributed by atoms with Gasteiger partial charge in [-0.3, -0.25) is 4.79 Å². The van der Waals surface area contributed by atoms with Gasteiger partial charge < -0.3 is 14.8 Å². The number of hydrogen-bond donors (Lipinski definition) is 1. The molecule has 1 amide bonds. The molecule has 8 heteroatoms. The molecule has 1 aliphatic carbocycles. The van der Waals surface area contributed by atoms with Crippen LogP contribution in [-0.4, -0.2) is 34.8 Å². The Balaban J connectivity index is 1.25. The lowest BCUT2D eigenvalue weighted by molar-refractivity contribution is -0.119. The summed E-state index contributed by atoms with van der Waals surface area (Å²) in [6.07, 6.45) is 5.02. The lowest BCUT2D eigenvalue weighted by atomic mass is 10.1. The molecular weight excluding hydrogens is 406 g/mol. The highest BCUT2D eigenvalue weighted by atomic mass is 32.2. The number of nitrogens with zero attached hydrogens (tertiary/aromatic N) is 2. The number of thiophene rings is 1. The number of hydrogen-bond acceptors (Lipinski definition) is 7. The van der Waals surface area contributed by atoms with Crippen molar-refractivity contribution in [3.8, 4) is 11.5 Å². The fourth-order valence-corrected chi connectivity index (χ4v) is 5.97. The Labute approximate surface area is 177 Å². The van der Waals surface area contributed by atoms with Crippen molar-refractivity contribution in [2.24, 2.45) is 0 Å². The Morgan fingerprint density at radius 2 is 2.10 bits per heavy atom.